The summed E-state index contributed by atoms with van der Waals surface area (Å²) < 4.78 is 33.4. The Hall–Kier alpha value is -1.90. The third kappa shape index (κ3) is 3.60. The topological polar surface area (TPSA) is 9.23 Å². The van der Waals surface area contributed by atoms with Crippen LogP contribution in [-0.2, 0) is 6.42 Å². The van der Waals surface area contributed by atoms with Crippen molar-refractivity contribution < 1.29 is 13.5 Å². The second-order valence-corrected chi connectivity index (χ2v) is 5.09. The zero-order chi connectivity index (χ0) is 15.2. The van der Waals surface area contributed by atoms with E-state index in [-0.39, 0.29) is 5.56 Å². The van der Waals surface area contributed by atoms with Gasteiger partial charge in [0.1, 0.15) is 5.75 Å². The van der Waals surface area contributed by atoms with Gasteiger partial charge in [0.2, 0.25) is 0 Å². The third-order valence-corrected chi connectivity index (χ3v) is 3.61. The first-order valence-corrected chi connectivity index (χ1v) is 7.28. The van der Waals surface area contributed by atoms with Gasteiger partial charge in [-0.2, -0.15) is 0 Å². The molecule has 0 amide bonds. The van der Waals surface area contributed by atoms with Crippen LogP contribution < -0.4 is 4.74 Å². The molecule has 0 saturated carbocycles. The van der Waals surface area contributed by atoms with E-state index in [9.17, 15) is 8.78 Å². The van der Waals surface area contributed by atoms with Crippen LogP contribution in [0.15, 0.2) is 36.4 Å². The maximum Gasteiger partial charge on any atom is 0.166 e. The minimum Gasteiger partial charge on any atom is -0.497 e. The largest absolute Gasteiger partial charge is 0.497 e. The first-order valence-electron chi connectivity index (χ1n) is 7.28. The Balaban J connectivity index is 2.26. The van der Waals surface area contributed by atoms with E-state index in [1.807, 2.05) is 0 Å². The zero-order valence-corrected chi connectivity index (χ0v) is 12.5. The minimum atomic E-state index is -0.769. The van der Waals surface area contributed by atoms with Crippen molar-refractivity contribution in [2.45, 2.75) is 32.6 Å². The quantitative estimate of drug-likeness (QED) is 0.650. The molecule has 0 aromatic heterocycles. The number of halogens is 2. The van der Waals surface area contributed by atoms with Crippen LogP contribution in [0.25, 0.3) is 11.1 Å². The van der Waals surface area contributed by atoms with Crippen LogP contribution >= 0.6 is 0 Å². The van der Waals surface area contributed by atoms with Crippen molar-refractivity contribution in [3.8, 4) is 16.9 Å². The lowest BCUT2D eigenvalue weighted by Gasteiger charge is -2.09. The smallest absolute Gasteiger partial charge is 0.166 e. The molecule has 2 rings (SSSR count). The fraction of sp³-hybridized carbons (Fsp3) is 0.333. The Labute approximate surface area is 124 Å². The molecule has 0 N–H and O–H groups in total. The molecule has 2 aromatic rings. The van der Waals surface area contributed by atoms with Crippen molar-refractivity contribution in [1.82, 2.24) is 0 Å². The molecule has 3 heteroatoms. The highest BCUT2D eigenvalue weighted by Crippen LogP contribution is 2.28. The summed E-state index contributed by atoms with van der Waals surface area (Å²) in [6, 6.07) is 10.3. The van der Waals surface area contributed by atoms with Crippen molar-refractivity contribution in [3.05, 3.63) is 53.6 Å². The molecular weight excluding hydrogens is 270 g/mol. The molecule has 0 spiro atoms. The lowest BCUT2D eigenvalue weighted by molar-refractivity contribution is 0.415. The van der Waals surface area contributed by atoms with E-state index in [1.165, 1.54) is 0 Å². The van der Waals surface area contributed by atoms with Gasteiger partial charge in [-0.1, -0.05) is 44.0 Å². The molecule has 0 atom stereocenters. The number of rotatable bonds is 6. The average Bonchev–Trinajstić information content (AvgIpc) is 2.52. The SMILES string of the molecule is CCCCCc1ccc(-c2ccc(OC)cc2)c(F)c1F. The number of ether oxygens (including phenoxy) is 1. The van der Waals surface area contributed by atoms with Crippen molar-refractivity contribution in [3.63, 3.8) is 0 Å². The number of unbranched alkanes of at least 4 members (excludes halogenated alkanes) is 2. The summed E-state index contributed by atoms with van der Waals surface area (Å²) in [5.74, 6) is -0.801. The Bertz CT molecular complexity index is 591. The highest BCUT2D eigenvalue weighted by atomic mass is 19.2. The summed E-state index contributed by atoms with van der Waals surface area (Å²) in [6.07, 6.45) is 3.56. The molecule has 112 valence electrons. The standard InChI is InChI=1S/C18H20F2O/c1-3-4-5-6-14-9-12-16(18(20)17(14)19)13-7-10-15(21-2)11-8-13/h7-12H,3-6H2,1-2H3. The van der Waals surface area contributed by atoms with Gasteiger partial charge in [0.15, 0.2) is 11.6 Å². The summed E-state index contributed by atoms with van der Waals surface area (Å²) in [4.78, 5) is 0. The fourth-order valence-electron chi connectivity index (χ4n) is 2.34. The van der Waals surface area contributed by atoms with E-state index in [1.54, 1.807) is 43.5 Å². The normalized spacial score (nSPS) is 10.7. The van der Waals surface area contributed by atoms with Gasteiger partial charge in [-0.3, -0.25) is 0 Å². The molecule has 0 bridgehead atoms. The summed E-state index contributed by atoms with van der Waals surface area (Å²) in [6.45, 7) is 2.09. The molecule has 0 radical (unpaired) electrons. The molecule has 0 aliphatic heterocycles. The van der Waals surface area contributed by atoms with E-state index in [0.29, 0.717) is 23.3 Å². The second-order valence-electron chi connectivity index (χ2n) is 5.09. The molecule has 0 heterocycles. The van der Waals surface area contributed by atoms with Gasteiger partial charge in [-0.15, -0.1) is 0 Å². The Morgan fingerprint density at radius 1 is 0.905 bits per heavy atom. The minimum absolute atomic E-state index is 0.286. The predicted octanol–water partition coefficient (Wildman–Crippen LogP) is 5.37. The molecule has 21 heavy (non-hydrogen) atoms. The lowest BCUT2D eigenvalue weighted by Crippen LogP contribution is -1.97. The van der Waals surface area contributed by atoms with Gasteiger partial charge >= 0.3 is 0 Å². The highest BCUT2D eigenvalue weighted by molar-refractivity contribution is 5.65. The van der Waals surface area contributed by atoms with Gasteiger partial charge in [0, 0.05) is 5.56 Å². The molecular formula is C18H20F2O. The first kappa shape index (κ1) is 15.5. The Kier molecular flexibility index (Phi) is 5.32. The number of methoxy groups -OCH3 is 1. The van der Waals surface area contributed by atoms with Crippen molar-refractivity contribution in [2.24, 2.45) is 0 Å². The van der Waals surface area contributed by atoms with Crippen LogP contribution in [0, 0.1) is 11.6 Å². The van der Waals surface area contributed by atoms with Crippen molar-refractivity contribution in [1.29, 1.82) is 0 Å². The van der Waals surface area contributed by atoms with Gasteiger partial charge in [-0.25, -0.2) is 8.78 Å². The van der Waals surface area contributed by atoms with Crippen LogP contribution in [0.2, 0.25) is 0 Å². The van der Waals surface area contributed by atoms with E-state index in [0.717, 1.165) is 19.3 Å². The molecule has 0 fully saturated rings. The predicted molar refractivity (Wildman–Crippen MR) is 81.6 cm³/mol. The number of hydrogen-bond acceptors (Lipinski definition) is 1. The number of hydrogen-bond donors (Lipinski definition) is 0. The van der Waals surface area contributed by atoms with Crippen LogP contribution in [0.4, 0.5) is 8.78 Å². The molecule has 0 aliphatic rings. The fourth-order valence-corrected chi connectivity index (χ4v) is 2.34. The second kappa shape index (κ2) is 7.21. The molecule has 0 aliphatic carbocycles. The lowest BCUT2D eigenvalue weighted by atomic mass is 10.00. The zero-order valence-electron chi connectivity index (χ0n) is 12.5. The van der Waals surface area contributed by atoms with Gasteiger partial charge in [0.25, 0.3) is 0 Å². The van der Waals surface area contributed by atoms with Crippen LogP contribution in [0.5, 0.6) is 5.75 Å². The average molecular weight is 290 g/mol. The molecule has 0 unspecified atom stereocenters. The van der Waals surface area contributed by atoms with Crippen molar-refractivity contribution in [2.75, 3.05) is 7.11 Å². The summed E-state index contributed by atoms with van der Waals surface area (Å²) in [5.41, 5.74) is 1.39. The summed E-state index contributed by atoms with van der Waals surface area (Å²) in [5, 5.41) is 0. The Morgan fingerprint density at radius 3 is 2.24 bits per heavy atom. The molecule has 2 aromatic carbocycles. The summed E-state index contributed by atoms with van der Waals surface area (Å²) >= 11 is 0. The molecule has 0 saturated heterocycles. The van der Waals surface area contributed by atoms with E-state index < -0.39 is 11.6 Å². The van der Waals surface area contributed by atoms with Gasteiger partial charge < -0.3 is 4.74 Å². The number of benzene rings is 2. The Morgan fingerprint density at radius 2 is 1.62 bits per heavy atom. The first-order chi connectivity index (χ1) is 10.2. The van der Waals surface area contributed by atoms with Crippen molar-refractivity contribution >= 4 is 0 Å². The van der Waals surface area contributed by atoms with E-state index in [4.69, 9.17) is 4.74 Å². The van der Waals surface area contributed by atoms with Crippen LogP contribution in [-0.4, -0.2) is 7.11 Å². The van der Waals surface area contributed by atoms with E-state index >= 15 is 0 Å². The third-order valence-electron chi connectivity index (χ3n) is 3.61. The monoisotopic (exact) mass is 290 g/mol. The summed E-state index contributed by atoms with van der Waals surface area (Å²) in [7, 11) is 1.57. The van der Waals surface area contributed by atoms with E-state index in [2.05, 4.69) is 6.92 Å². The number of aryl methyl sites for hydroxylation is 1. The molecule has 1 nitrogen and oxygen atoms in total. The maximum atomic E-state index is 14.2. The van der Waals surface area contributed by atoms with Gasteiger partial charge in [-0.05, 0) is 36.1 Å². The van der Waals surface area contributed by atoms with Gasteiger partial charge in [0.05, 0.1) is 7.11 Å². The van der Waals surface area contributed by atoms with Crippen LogP contribution in [0.1, 0.15) is 31.7 Å². The van der Waals surface area contributed by atoms with Crippen LogP contribution in [0.3, 0.4) is 0 Å². The maximum absolute atomic E-state index is 14.2. The highest BCUT2D eigenvalue weighted by Gasteiger charge is 2.14.